The Bertz CT molecular complexity index is 502. The molecule has 0 N–H and O–H groups in total. The van der Waals surface area contributed by atoms with Crippen molar-refractivity contribution in [1.82, 2.24) is 4.90 Å². The van der Waals surface area contributed by atoms with Crippen LogP contribution < -0.4 is 0 Å². The van der Waals surface area contributed by atoms with Gasteiger partial charge >= 0.3 is 0 Å². The molecule has 0 unspecified atom stereocenters. The zero-order chi connectivity index (χ0) is 13.8. The summed E-state index contributed by atoms with van der Waals surface area (Å²) >= 11 is 5.00. The lowest BCUT2D eigenvalue weighted by molar-refractivity contribution is -0.385. The molecular weight excluding hydrogens is 332 g/mol. The van der Waals surface area contributed by atoms with Gasteiger partial charge in [-0.1, -0.05) is 6.07 Å². The Balaban J connectivity index is 2.28. The maximum absolute atomic E-state index is 12.4. The number of nitro groups is 1. The molecule has 0 bridgehead atoms. The van der Waals surface area contributed by atoms with E-state index in [9.17, 15) is 14.9 Å². The third-order valence-corrected chi connectivity index (χ3v) is 4.80. The smallest absolute Gasteiger partial charge is 0.284 e. The number of halogens is 1. The summed E-state index contributed by atoms with van der Waals surface area (Å²) in [5, 5.41) is 10.9. The van der Waals surface area contributed by atoms with Crippen LogP contribution in [0.25, 0.3) is 0 Å². The van der Waals surface area contributed by atoms with Crippen LogP contribution in [0.2, 0.25) is 0 Å². The third-order valence-electron chi connectivity index (χ3n) is 2.91. The minimum absolute atomic E-state index is 0.0740. The topological polar surface area (TPSA) is 63.4 Å². The fourth-order valence-corrected chi connectivity index (χ4v) is 3.41. The minimum atomic E-state index is -0.487. The molecule has 2 rings (SSSR count). The van der Waals surface area contributed by atoms with Gasteiger partial charge in [-0.05, 0) is 34.2 Å². The number of carbonyl (C=O) groups is 1. The standard InChI is InChI=1S/C12H13BrN2O3S/c13-11-9(3-1-4-10(11)15(17)18)12(16)14-5-2-7-19-8-6-14/h1,3-4H,2,5-8H2. The number of hydrogen-bond acceptors (Lipinski definition) is 4. The largest absolute Gasteiger partial charge is 0.338 e. The summed E-state index contributed by atoms with van der Waals surface area (Å²) in [6.07, 6.45) is 0.961. The zero-order valence-corrected chi connectivity index (χ0v) is 12.6. The predicted molar refractivity (Wildman–Crippen MR) is 78.6 cm³/mol. The van der Waals surface area contributed by atoms with Crippen LogP contribution in [0.5, 0.6) is 0 Å². The van der Waals surface area contributed by atoms with Crippen LogP contribution in [0.15, 0.2) is 22.7 Å². The third kappa shape index (κ3) is 3.27. The number of nitro benzene ring substituents is 1. The summed E-state index contributed by atoms with van der Waals surface area (Å²) in [7, 11) is 0. The van der Waals surface area contributed by atoms with Gasteiger partial charge in [0.2, 0.25) is 0 Å². The van der Waals surface area contributed by atoms with E-state index in [-0.39, 0.29) is 16.1 Å². The van der Waals surface area contributed by atoms with Gasteiger partial charge in [0.15, 0.2) is 0 Å². The lowest BCUT2D eigenvalue weighted by Crippen LogP contribution is -2.33. The molecule has 0 atom stereocenters. The van der Waals surface area contributed by atoms with Gasteiger partial charge in [-0.15, -0.1) is 0 Å². The summed E-state index contributed by atoms with van der Waals surface area (Å²) in [6.45, 7) is 1.40. The molecule has 5 nitrogen and oxygen atoms in total. The molecule has 1 aromatic carbocycles. The molecule has 0 aromatic heterocycles. The molecule has 1 saturated heterocycles. The van der Waals surface area contributed by atoms with E-state index in [2.05, 4.69) is 15.9 Å². The first kappa shape index (κ1) is 14.3. The van der Waals surface area contributed by atoms with Crippen LogP contribution in [0.3, 0.4) is 0 Å². The normalized spacial score (nSPS) is 15.9. The molecule has 1 aliphatic rings. The number of nitrogens with zero attached hydrogens (tertiary/aromatic N) is 2. The highest BCUT2D eigenvalue weighted by Crippen LogP contribution is 2.29. The Morgan fingerprint density at radius 1 is 1.37 bits per heavy atom. The van der Waals surface area contributed by atoms with E-state index in [4.69, 9.17) is 0 Å². The molecule has 0 radical (unpaired) electrons. The maximum Gasteiger partial charge on any atom is 0.284 e. The second-order valence-corrected chi connectivity index (χ2v) is 6.17. The Kier molecular flexibility index (Phi) is 4.81. The molecule has 0 spiro atoms. The number of rotatable bonds is 2. The first-order valence-electron chi connectivity index (χ1n) is 5.91. The molecule has 1 fully saturated rings. The van der Waals surface area contributed by atoms with Crippen molar-refractivity contribution in [3.63, 3.8) is 0 Å². The molecule has 102 valence electrons. The van der Waals surface area contributed by atoms with Crippen LogP contribution in [-0.4, -0.2) is 40.3 Å². The van der Waals surface area contributed by atoms with E-state index < -0.39 is 4.92 Å². The van der Waals surface area contributed by atoms with E-state index in [0.29, 0.717) is 18.7 Å². The van der Waals surface area contributed by atoms with Crippen LogP contribution in [0.1, 0.15) is 16.8 Å². The average molecular weight is 345 g/mol. The van der Waals surface area contributed by atoms with Crippen molar-refractivity contribution in [3.05, 3.63) is 38.3 Å². The first-order chi connectivity index (χ1) is 9.11. The van der Waals surface area contributed by atoms with Gasteiger partial charge in [0.25, 0.3) is 11.6 Å². The molecule has 19 heavy (non-hydrogen) atoms. The fraction of sp³-hybridized carbons (Fsp3) is 0.417. The highest BCUT2D eigenvalue weighted by atomic mass is 79.9. The monoisotopic (exact) mass is 344 g/mol. The van der Waals surface area contributed by atoms with Gasteiger partial charge in [-0.25, -0.2) is 0 Å². The van der Waals surface area contributed by atoms with Gasteiger partial charge in [-0.2, -0.15) is 11.8 Å². The Morgan fingerprint density at radius 2 is 2.16 bits per heavy atom. The van der Waals surface area contributed by atoms with Crippen molar-refractivity contribution in [3.8, 4) is 0 Å². The van der Waals surface area contributed by atoms with Crippen LogP contribution in [0.4, 0.5) is 5.69 Å². The van der Waals surface area contributed by atoms with E-state index in [1.165, 1.54) is 6.07 Å². The van der Waals surface area contributed by atoms with Crippen molar-refractivity contribution in [1.29, 1.82) is 0 Å². The van der Waals surface area contributed by atoms with Crippen molar-refractivity contribution >= 4 is 39.3 Å². The van der Waals surface area contributed by atoms with Gasteiger partial charge in [0.1, 0.15) is 4.47 Å². The number of carbonyl (C=O) groups excluding carboxylic acids is 1. The molecule has 0 saturated carbocycles. The van der Waals surface area contributed by atoms with Gasteiger partial charge < -0.3 is 4.90 Å². The van der Waals surface area contributed by atoms with Crippen molar-refractivity contribution in [2.45, 2.75) is 6.42 Å². The summed E-state index contributed by atoms with van der Waals surface area (Å²) in [5.74, 6) is 1.83. The first-order valence-corrected chi connectivity index (χ1v) is 7.86. The lowest BCUT2D eigenvalue weighted by atomic mass is 10.1. The fourth-order valence-electron chi connectivity index (χ4n) is 1.95. The number of hydrogen-bond donors (Lipinski definition) is 0. The van der Waals surface area contributed by atoms with E-state index in [1.807, 2.05) is 11.8 Å². The SMILES string of the molecule is O=C(c1cccc([N+](=O)[O-])c1Br)N1CCCSCC1. The highest BCUT2D eigenvalue weighted by molar-refractivity contribution is 9.10. The zero-order valence-electron chi connectivity index (χ0n) is 10.2. The summed E-state index contributed by atoms with van der Waals surface area (Å²) < 4.78 is 0.266. The van der Waals surface area contributed by atoms with E-state index in [0.717, 1.165) is 17.9 Å². The Hall–Kier alpha value is -1.08. The van der Waals surface area contributed by atoms with Gasteiger partial charge in [-0.3, -0.25) is 14.9 Å². The molecule has 1 heterocycles. The second kappa shape index (κ2) is 6.38. The molecule has 7 heteroatoms. The molecular formula is C12H13BrN2O3S. The van der Waals surface area contributed by atoms with E-state index >= 15 is 0 Å². The van der Waals surface area contributed by atoms with Crippen molar-refractivity contribution in [2.75, 3.05) is 24.6 Å². The second-order valence-electron chi connectivity index (χ2n) is 4.15. The molecule has 0 aliphatic carbocycles. The summed E-state index contributed by atoms with van der Waals surface area (Å²) in [6, 6.07) is 4.55. The number of thioether (sulfide) groups is 1. The number of benzene rings is 1. The Morgan fingerprint density at radius 3 is 2.89 bits per heavy atom. The molecule has 1 amide bonds. The maximum atomic E-state index is 12.4. The van der Waals surface area contributed by atoms with E-state index in [1.54, 1.807) is 17.0 Å². The van der Waals surface area contributed by atoms with Gasteiger partial charge in [0, 0.05) is 24.9 Å². The van der Waals surface area contributed by atoms with Crippen LogP contribution in [0, 0.1) is 10.1 Å². The highest BCUT2D eigenvalue weighted by Gasteiger charge is 2.23. The van der Waals surface area contributed by atoms with Crippen molar-refractivity contribution in [2.24, 2.45) is 0 Å². The Labute approximate surface area is 123 Å². The molecule has 1 aliphatic heterocycles. The lowest BCUT2D eigenvalue weighted by Gasteiger charge is -2.20. The summed E-state index contributed by atoms with van der Waals surface area (Å²) in [5.41, 5.74) is 0.288. The van der Waals surface area contributed by atoms with Crippen LogP contribution >= 0.6 is 27.7 Å². The van der Waals surface area contributed by atoms with Crippen molar-refractivity contribution < 1.29 is 9.72 Å². The quantitative estimate of drug-likeness (QED) is 0.611. The number of amides is 1. The predicted octanol–water partition coefficient (Wildman–Crippen LogP) is 2.94. The molecule has 1 aromatic rings. The van der Waals surface area contributed by atoms with Gasteiger partial charge in [0.05, 0.1) is 10.5 Å². The van der Waals surface area contributed by atoms with Crippen LogP contribution in [-0.2, 0) is 0 Å². The minimum Gasteiger partial charge on any atom is -0.338 e. The summed E-state index contributed by atoms with van der Waals surface area (Å²) in [4.78, 5) is 24.6. The average Bonchev–Trinajstić information content (AvgIpc) is 2.66.